The molecule has 1 aliphatic heterocycles. The second-order valence-electron chi connectivity index (χ2n) is 7.31. The van der Waals surface area contributed by atoms with E-state index in [2.05, 4.69) is 15.3 Å². The highest BCUT2D eigenvalue weighted by molar-refractivity contribution is 6.32. The van der Waals surface area contributed by atoms with Gasteiger partial charge in [-0.05, 0) is 30.2 Å². The normalized spacial score (nSPS) is 14.2. The van der Waals surface area contributed by atoms with E-state index in [1.165, 1.54) is 0 Å². The first-order valence-corrected chi connectivity index (χ1v) is 9.55. The Hall–Kier alpha value is -3.37. The number of nitriles is 1. The third kappa shape index (κ3) is 3.22. The minimum atomic E-state index is -0.694. The third-order valence-corrected chi connectivity index (χ3v) is 5.42. The zero-order valence-corrected chi connectivity index (χ0v) is 16.6. The summed E-state index contributed by atoms with van der Waals surface area (Å²) in [7, 11) is 0. The summed E-state index contributed by atoms with van der Waals surface area (Å²) in [5, 5.41) is 13.0. The van der Waals surface area contributed by atoms with Crippen molar-refractivity contribution in [2.24, 2.45) is 5.92 Å². The monoisotopic (exact) mass is 407 g/mol. The summed E-state index contributed by atoms with van der Waals surface area (Å²) in [4.78, 5) is 35.1. The molecule has 2 aromatic heterocycles. The van der Waals surface area contributed by atoms with Gasteiger partial charge >= 0.3 is 0 Å². The summed E-state index contributed by atoms with van der Waals surface area (Å²) in [6.45, 7) is 4.02. The molecule has 4 rings (SSSR count). The van der Waals surface area contributed by atoms with Gasteiger partial charge < -0.3 is 15.2 Å². The number of pyridine rings is 1. The molecule has 1 aromatic carbocycles. The molecule has 0 saturated heterocycles. The molecule has 29 heavy (non-hydrogen) atoms. The number of amides is 2. The molecule has 0 bridgehead atoms. The Morgan fingerprint density at radius 3 is 2.72 bits per heavy atom. The fourth-order valence-electron chi connectivity index (χ4n) is 3.73. The van der Waals surface area contributed by atoms with Crippen LogP contribution in [0.1, 0.15) is 35.3 Å². The molecule has 146 valence electrons. The van der Waals surface area contributed by atoms with Crippen molar-refractivity contribution in [3.05, 3.63) is 58.4 Å². The van der Waals surface area contributed by atoms with E-state index < -0.39 is 6.04 Å². The minimum absolute atomic E-state index is 0.131. The highest BCUT2D eigenvalue weighted by atomic mass is 35.5. The summed E-state index contributed by atoms with van der Waals surface area (Å²) < 4.78 is 0. The number of hydrogen-bond acceptors (Lipinski definition) is 4. The molecule has 1 atom stereocenters. The van der Waals surface area contributed by atoms with Crippen molar-refractivity contribution >= 4 is 40.1 Å². The zero-order valence-electron chi connectivity index (χ0n) is 15.9. The largest absolute Gasteiger partial charge is 0.345 e. The van der Waals surface area contributed by atoms with Gasteiger partial charge in [-0.3, -0.25) is 9.59 Å². The molecule has 7 nitrogen and oxygen atoms in total. The second kappa shape index (κ2) is 7.22. The summed E-state index contributed by atoms with van der Waals surface area (Å²) >= 11 is 6.36. The van der Waals surface area contributed by atoms with Crippen molar-refractivity contribution in [1.29, 1.82) is 5.26 Å². The van der Waals surface area contributed by atoms with E-state index in [-0.39, 0.29) is 24.3 Å². The lowest BCUT2D eigenvalue weighted by molar-refractivity contribution is -0.122. The maximum atomic E-state index is 13.2. The van der Waals surface area contributed by atoms with Crippen LogP contribution in [0.5, 0.6) is 0 Å². The first-order valence-electron chi connectivity index (χ1n) is 9.17. The zero-order chi connectivity index (χ0) is 20.7. The van der Waals surface area contributed by atoms with Crippen LogP contribution in [0.15, 0.2) is 36.7 Å². The first kappa shape index (κ1) is 19.0. The Balaban J connectivity index is 1.66. The lowest BCUT2D eigenvalue weighted by Gasteiger charge is -2.36. The Morgan fingerprint density at radius 1 is 1.34 bits per heavy atom. The predicted octanol–water partition coefficient (Wildman–Crippen LogP) is 3.71. The molecule has 0 radical (unpaired) electrons. The van der Waals surface area contributed by atoms with E-state index >= 15 is 0 Å². The van der Waals surface area contributed by atoms with E-state index in [0.717, 1.165) is 5.56 Å². The molecule has 8 heteroatoms. The molecule has 3 heterocycles. The molecule has 1 aliphatic rings. The number of halogens is 1. The molecule has 3 aromatic rings. The number of nitrogens with one attached hydrogen (secondary N) is 2. The molecule has 0 saturated carbocycles. The van der Waals surface area contributed by atoms with Crippen molar-refractivity contribution in [3.8, 4) is 6.07 Å². The number of aromatic amines is 1. The fraction of sp³-hybridized carbons (Fsp3) is 0.238. The van der Waals surface area contributed by atoms with Gasteiger partial charge in [-0.2, -0.15) is 5.26 Å². The number of anilines is 1. The topological polar surface area (TPSA) is 102 Å². The number of carbonyl (C=O) groups is 2. The van der Waals surface area contributed by atoms with Crippen molar-refractivity contribution < 1.29 is 9.59 Å². The van der Waals surface area contributed by atoms with E-state index in [4.69, 9.17) is 16.9 Å². The van der Waals surface area contributed by atoms with Crippen molar-refractivity contribution in [1.82, 2.24) is 14.9 Å². The number of aromatic nitrogens is 2. The van der Waals surface area contributed by atoms with Gasteiger partial charge in [0.05, 0.1) is 22.2 Å². The molecule has 0 unspecified atom stereocenters. The highest BCUT2D eigenvalue weighted by Gasteiger charge is 2.38. The Bertz CT molecular complexity index is 1160. The average molecular weight is 408 g/mol. The van der Waals surface area contributed by atoms with Crippen LogP contribution in [0, 0.1) is 17.2 Å². The SMILES string of the molecule is CC(C)[C@H](C(=O)Nc1ccc(C#N)cc1)N1Cc2c(Cl)cnc3[nH]cc(c23)C1=O. The Labute approximate surface area is 172 Å². The summed E-state index contributed by atoms with van der Waals surface area (Å²) in [6.07, 6.45) is 3.16. The van der Waals surface area contributed by atoms with Crippen LogP contribution in [0.3, 0.4) is 0 Å². The van der Waals surface area contributed by atoms with Gasteiger partial charge in [-0.25, -0.2) is 4.98 Å². The number of nitrogens with zero attached hydrogens (tertiary/aromatic N) is 3. The van der Waals surface area contributed by atoms with Gasteiger partial charge in [0.15, 0.2) is 0 Å². The van der Waals surface area contributed by atoms with Crippen LogP contribution in [0.4, 0.5) is 5.69 Å². The van der Waals surface area contributed by atoms with E-state index in [1.807, 2.05) is 19.9 Å². The standard InChI is InChI=1S/C21H18ClN5O2/c1-11(2)18(20(28)26-13-5-3-12(7-23)4-6-13)27-10-15-16(22)9-25-19-17(15)14(8-24-19)21(27)29/h3-6,8-9,11,18H,10H2,1-2H3,(H,24,25)(H,26,28)/t18-/m1/s1. The predicted molar refractivity (Wildman–Crippen MR) is 109 cm³/mol. The maximum absolute atomic E-state index is 13.2. The van der Waals surface area contributed by atoms with Crippen molar-refractivity contribution in [3.63, 3.8) is 0 Å². The molecule has 2 N–H and O–H groups in total. The lowest BCUT2D eigenvalue weighted by atomic mass is 9.95. The van der Waals surface area contributed by atoms with Gasteiger partial charge in [0.1, 0.15) is 11.7 Å². The Morgan fingerprint density at radius 2 is 2.07 bits per heavy atom. The molecular formula is C21H18ClN5O2. The molecule has 0 spiro atoms. The summed E-state index contributed by atoms with van der Waals surface area (Å²) in [5.74, 6) is -0.658. The molecule has 2 amide bonds. The highest BCUT2D eigenvalue weighted by Crippen LogP contribution is 2.35. The maximum Gasteiger partial charge on any atom is 0.257 e. The number of H-pyrrole nitrogens is 1. The smallest absolute Gasteiger partial charge is 0.257 e. The molecule has 0 fully saturated rings. The molecule has 0 aliphatic carbocycles. The van der Waals surface area contributed by atoms with Crippen molar-refractivity contribution in [2.75, 3.05) is 5.32 Å². The fourth-order valence-corrected chi connectivity index (χ4v) is 3.93. The molecular weight excluding hydrogens is 390 g/mol. The number of rotatable bonds is 4. The minimum Gasteiger partial charge on any atom is -0.345 e. The first-order chi connectivity index (χ1) is 13.9. The summed E-state index contributed by atoms with van der Waals surface area (Å²) in [5.41, 5.74) is 2.93. The van der Waals surface area contributed by atoms with Gasteiger partial charge in [0.25, 0.3) is 5.91 Å². The van der Waals surface area contributed by atoms with Crippen LogP contribution in [-0.4, -0.2) is 32.7 Å². The van der Waals surface area contributed by atoms with Gasteiger partial charge in [-0.15, -0.1) is 0 Å². The van der Waals surface area contributed by atoms with E-state index in [0.29, 0.717) is 32.9 Å². The number of benzene rings is 1. The third-order valence-electron chi connectivity index (χ3n) is 5.09. The second-order valence-corrected chi connectivity index (χ2v) is 7.72. The quantitative estimate of drug-likeness (QED) is 0.688. The Kier molecular flexibility index (Phi) is 4.73. The van der Waals surface area contributed by atoms with E-state index in [1.54, 1.807) is 41.6 Å². The van der Waals surface area contributed by atoms with Crippen LogP contribution in [-0.2, 0) is 11.3 Å². The van der Waals surface area contributed by atoms with Crippen LogP contribution >= 0.6 is 11.6 Å². The van der Waals surface area contributed by atoms with E-state index in [9.17, 15) is 9.59 Å². The van der Waals surface area contributed by atoms with Gasteiger partial charge in [0, 0.05) is 35.6 Å². The van der Waals surface area contributed by atoms with Crippen LogP contribution < -0.4 is 5.32 Å². The number of hydrogen-bond donors (Lipinski definition) is 2. The van der Waals surface area contributed by atoms with Gasteiger partial charge in [-0.1, -0.05) is 25.4 Å². The van der Waals surface area contributed by atoms with Gasteiger partial charge in [0.2, 0.25) is 5.91 Å². The van der Waals surface area contributed by atoms with Crippen LogP contribution in [0.2, 0.25) is 5.02 Å². The van der Waals surface area contributed by atoms with Crippen LogP contribution in [0.25, 0.3) is 11.0 Å². The van der Waals surface area contributed by atoms with Crippen molar-refractivity contribution in [2.45, 2.75) is 26.4 Å². The lowest BCUT2D eigenvalue weighted by Crippen LogP contribution is -2.51. The summed E-state index contributed by atoms with van der Waals surface area (Å²) in [6, 6.07) is 7.94. The average Bonchev–Trinajstić information content (AvgIpc) is 3.13. The number of carbonyl (C=O) groups excluding carboxylic acids is 2.